The highest BCUT2D eigenvalue weighted by molar-refractivity contribution is 5.96. The fraction of sp³-hybridized carbons (Fsp3) is 0.273. The Morgan fingerprint density at radius 2 is 2.06 bits per heavy atom. The van der Waals surface area contributed by atoms with Gasteiger partial charge in [0.05, 0.1) is 5.56 Å². The van der Waals surface area contributed by atoms with Gasteiger partial charge >= 0.3 is 5.97 Å². The average molecular weight is 257 g/mol. The molecular weight excluding hydrogens is 245 g/mol. The lowest BCUT2D eigenvalue weighted by Gasteiger charge is -2.13. The summed E-state index contributed by atoms with van der Waals surface area (Å²) in [4.78, 5) is 22.3. The van der Waals surface area contributed by atoms with Crippen molar-refractivity contribution in [2.45, 2.75) is 12.5 Å². The molecule has 0 fully saturated rings. The van der Waals surface area contributed by atoms with E-state index in [9.17, 15) is 14.0 Å². The molecule has 0 spiro atoms. The van der Waals surface area contributed by atoms with Gasteiger partial charge in [-0.3, -0.25) is 4.79 Å². The molecule has 98 valence electrons. The highest BCUT2D eigenvalue weighted by Gasteiger charge is 2.21. The number of aliphatic hydroxyl groups excluding tert-OH is 1. The third kappa shape index (κ3) is 3.42. The van der Waals surface area contributed by atoms with Gasteiger partial charge in [-0.1, -0.05) is 0 Å². The van der Waals surface area contributed by atoms with Gasteiger partial charge in [-0.2, -0.15) is 0 Å². The average Bonchev–Trinajstić information content (AvgIpc) is 2.27. The molecule has 0 aliphatic heterocycles. The van der Waals surface area contributed by atoms with Gasteiger partial charge in [0.15, 0.2) is 0 Å². The summed E-state index contributed by atoms with van der Waals surface area (Å²) in [6.45, 7) is -0.421. The van der Waals surface area contributed by atoms with E-state index in [2.05, 4.69) is 5.32 Å². The second-order valence-corrected chi connectivity index (χ2v) is 3.54. The third-order valence-corrected chi connectivity index (χ3v) is 2.22. The Labute approximate surface area is 102 Å². The number of aliphatic hydroxyl groups is 1. The highest BCUT2D eigenvalue weighted by atomic mass is 19.1. The van der Waals surface area contributed by atoms with Crippen LogP contribution in [0.1, 0.15) is 16.8 Å². The molecule has 1 aromatic carbocycles. The molecule has 18 heavy (non-hydrogen) atoms. The summed E-state index contributed by atoms with van der Waals surface area (Å²) in [6.07, 6.45) is -0.180. The van der Waals surface area contributed by atoms with Crippen molar-refractivity contribution in [1.29, 1.82) is 0 Å². The summed E-state index contributed by atoms with van der Waals surface area (Å²) >= 11 is 0. The van der Waals surface area contributed by atoms with E-state index in [0.29, 0.717) is 0 Å². The van der Waals surface area contributed by atoms with Crippen molar-refractivity contribution in [2.24, 2.45) is 0 Å². The van der Waals surface area contributed by atoms with Gasteiger partial charge in [0, 0.05) is 19.1 Å². The number of carbonyl (C=O) groups excluding carboxylic acids is 1. The number of aromatic hydroxyl groups is 1. The number of halogens is 1. The summed E-state index contributed by atoms with van der Waals surface area (Å²) in [5, 5.41) is 28.4. The molecule has 1 amide bonds. The summed E-state index contributed by atoms with van der Waals surface area (Å²) in [7, 11) is 0. The van der Waals surface area contributed by atoms with E-state index >= 15 is 0 Å². The van der Waals surface area contributed by atoms with E-state index in [1.165, 1.54) is 0 Å². The number of amides is 1. The van der Waals surface area contributed by atoms with Crippen LogP contribution in [0.4, 0.5) is 4.39 Å². The lowest BCUT2D eigenvalue weighted by molar-refractivity contribution is -0.139. The molecule has 1 rings (SSSR count). The molecule has 0 aliphatic rings. The van der Waals surface area contributed by atoms with Crippen molar-refractivity contribution in [3.8, 4) is 5.75 Å². The number of aliphatic carboxylic acids is 1. The number of hydrogen-bond donors (Lipinski definition) is 4. The van der Waals surface area contributed by atoms with Crippen LogP contribution in [-0.4, -0.2) is 39.8 Å². The first-order valence-corrected chi connectivity index (χ1v) is 5.08. The molecule has 6 nitrogen and oxygen atoms in total. The third-order valence-electron chi connectivity index (χ3n) is 2.22. The fourth-order valence-electron chi connectivity index (χ4n) is 1.31. The zero-order valence-corrected chi connectivity index (χ0v) is 9.26. The molecule has 0 saturated heterocycles. The predicted molar refractivity (Wildman–Crippen MR) is 58.7 cm³/mol. The maximum absolute atomic E-state index is 13.3. The van der Waals surface area contributed by atoms with E-state index in [4.69, 9.17) is 15.3 Å². The Morgan fingerprint density at radius 1 is 1.39 bits per heavy atom. The molecule has 0 aromatic heterocycles. The van der Waals surface area contributed by atoms with Crippen molar-refractivity contribution < 1.29 is 29.3 Å². The van der Waals surface area contributed by atoms with E-state index < -0.39 is 30.3 Å². The Morgan fingerprint density at radius 3 is 2.56 bits per heavy atom. The standard InChI is InChI=1S/C11H12FNO5/c12-8-5-6(15)1-2-7(8)10(16)13-9(3-4-14)11(17)18/h1-2,5,9,14-15H,3-4H2,(H,13,16)(H,17,18)/t9-/m1/s1. The van der Waals surface area contributed by atoms with Crippen molar-refractivity contribution in [3.63, 3.8) is 0 Å². The van der Waals surface area contributed by atoms with E-state index in [0.717, 1.165) is 18.2 Å². The Kier molecular flexibility index (Phi) is 4.61. The number of carbonyl (C=O) groups is 2. The lowest BCUT2D eigenvalue weighted by Crippen LogP contribution is -2.41. The summed E-state index contributed by atoms with van der Waals surface area (Å²) in [6, 6.07) is 1.60. The normalized spacial score (nSPS) is 11.9. The van der Waals surface area contributed by atoms with Crippen LogP contribution in [0.3, 0.4) is 0 Å². The van der Waals surface area contributed by atoms with Crippen molar-refractivity contribution in [2.75, 3.05) is 6.61 Å². The number of phenols is 1. The van der Waals surface area contributed by atoms with Gasteiger partial charge in [0.25, 0.3) is 5.91 Å². The quantitative estimate of drug-likeness (QED) is 0.598. The Balaban J connectivity index is 2.83. The van der Waals surface area contributed by atoms with Crippen LogP contribution in [0.5, 0.6) is 5.75 Å². The summed E-state index contributed by atoms with van der Waals surface area (Å²) in [5.74, 6) is -3.54. The number of phenolic OH excluding ortho intramolecular Hbond substituents is 1. The van der Waals surface area contributed by atoms with Crippen LogP contribution in [0.25, 0.3) is 0 Å². The van der Waals surface area contributed by atoms with E-state index in [-0.39, 0.29) is 17.7 Å². The minimum absolute atomic E-state index is 0.180. The number of nitrogens with one attached hydrogen (secondary N) is 1. The molecule has 4 N–H and O–H groups in total. The monoisotopic (exact) mass is 257 g/mol. The number of rotatable bonds is 5. The molecule has 1 aromatic rings. The van der Waals surface area contributed by atoms with Gasteiger partial charge < -0.3 is 20.6 Å². The van der Waals surface area contributed by atoms with Gasteiger partial charge in [-0.05, 0) is 12.1 Å². The Hall–Kier alpha value is -2.15. The summed E-state index contributed by atoms with van der Waals surface area (Å²) in [5.41, 5.74) is -0.378. The maximum Gasteiger partial charge on any atom is 0.326 e. The van der Waals surface area contributed by atoms with Crippen molar-refractivity contribution in [3.05, 3.63) is 29.6 Å². The Bertz CT molecular complexity index is 463. The molecule has 0 radical (unpaired) electrons. The minimum atomic E-state index is -1.32. The molecule has 0 unspecified atom stereocenters. The molecule has 0 saturated carbocycles. The summed E-state index contributed by atoms with van der Waals surface area (Å²) < 4.78 is 13.3. The fourth-order valence-corrected chi connectivity index (χ4v) is 1.31. The number of hydrogen-bond acceptors (Lipinski definition) is 4. The van der Waals surface area contributed by atoms with Crippen LogP contribution in [0.2, 0.25) is 0 Å². The highest BCUT2D eigenvalue weighted by Crippen LogP contribution is 2.15. The molecule has 1 atom stereocenters. The zero-order valence-electron chi connectivity index (χ0n) is 9.26. The smallest absolute Gasteiger partial charge is 0.326 e. The van der Waals surface area contributed by atoms with Crippen molar-refractivity contribution in [1.82, 2.24) is 5.32 Å². The van der Waals surface area contributed by atoms with Gasteiger partial charge in [0.2, 0.25) is 0 Å². The number of carboxylic acid groups (broad SMARTS) is 1. The molecule has 0 bridgehead atoms. The van der Waals surface area contributed by atoms with Crippen LogP contribution in [-0.2, 0) is 4.79 Å². The van der Waals surface area contributed by atoms with Gasteiger partial charge in [-0.15, -0.1) is 0 Å². The minimum Gasteiger partial charge on any atom is -0.508 e. The predicted octanol–water partition coefficient (Wildman–Crippen LogP) is 0.0967. The van der Waals surface area contributed by atoms with E-state index in [1.807, 2.05) is 0 Å². The molecular formula is C11H12FNO5. The van der Waals surface area contributed by atoms with Crippen LogP contribution in [0, 0.1) is 5.82 Å². The maximum atomic E-state index is 13.3. The van der Waals surface area contributed by atoms with Crippen LogP contribution >= 0.6 is 0 Å². The first-order valence-electron chi connectivity index (χ1n) is 5.08. The van der Waals surface area contributed by atoms with Gasteiger partial charge in [0.1, 0.15) is 17.6 Å². The van der Waals surface area contributed by atoms with E-state index in [1.54, 1.807) is 0 Å². The number of carboxylic acids is 1. The SMILES string of the molecule is O=C(N[C@H](CCO)C(=O)O)c1ccc(O)cc1F. The van der Waals surface area contributed by atoms with Crippen LogP contribution < -0.4 is 5.32 Å². The second-order valence-electron chi connectivity index (χ2n) is 3.54. The first-order chi connectivity index (χ1) is 8.45. The van der Waals surface area contributed by atoms with Crippen molar-refractivity contribution >= 4 is 11.9 Å². The topological polar surface area (TPSA) is 107 Å². The van der Waals surface area contributed by atoms with Gasteiger partial charge in [-0.25, -0.2) is 9.18 Å². The second kappa shape index (κ2) is 5.97. The zero-order chi connectivity index (χ0) is 13.7. The first kappa shape index (κ1) is 13.9. The molecule has 7 heteroatoms. The largest absolute Gasteiger partial charge is 0.508 e. The molecule has 0 heterocycles. The molecule has 0 aliphatic carbocycles. The number of benzene rings is 1. The van der Waals surface area contributed by atoms with Crippen LogP contribution in [0.15, 0.2) is 18.2 Å². The lowest BCUT2D eigenvalue weighted by atomic mass is 10.1.